The molecule has 4 rings (SSSR count). The fourth-order valence-corrected chi connectivity index (χ4v) is 4.01. The summed E-state index contributed by atoms with van der Waals surface area (Å²) < 4.78 is 29.1. The molecular formula is C28H30N2O6. The average Bonchev–Trinajstić information content (AvgIpc) is 3.60. The van der Waals surface area contributed by atoms with E-state index in [0.29, 0.717) is 24.3 Å². The summed E-state index contributed by atoms with van der Waals surface area (Å²) in [5, 5.41) is 9.18. The van der Waals surface area contributed by atoms with Gasteiger partial charge in [0.1, 0.15) is 11.5 Å². The molecule has 1 aliphatic heterocycles. The van der Waals surface area contributed by atoms with Crippen molar-refractivity contribution in [2.75, 3.05) is 19.7 Å². The molecule has 1 N–H and O–H groups in total. The highest BCUT2D eigenvalue weighted by Crippen LogP contribution is 2.25. The van der Waals surface area contributed by atoms with Gasteiger partial charge in [-0.05, 0) is 50.6 Å². The van der Waals surface area contributed by atoms with E-state index in [0.717, 1.165) is 10.5 Å². The minimum atomic E-state index is -2.27. The first-order valence-electron chi connectivity index (χ1n) is 12.8. The van der Waals surface area contributed by atoms with Gasteiger partial charge in [-0.3, -0.25) is 14.4 Å². The van der Waals surface area contributed by atoms with Crippen molar-refractivity contribution >= 4 is 17.8 Å². The lowest BCUT2D eigenvalue weighted by Gasteiger charge is -2.28. The van der Waals surface area contributed by atoms with Crippen LogP contribution in [0.2, 0.25) is 0 Å². The van der Waals surface area contributed by atoms with Gasteiger partial charge in [-0.25, -0.2) is 0 Å². The number of amides is 2. The summed E-state index contributed by atoms with van der Waals surface area (Å²) in [4.78, 5) is 40.0. The topological polar surface area (TPSA) is 100 Å². The van der Waals surface area contributed by atoms with Crippen LogP contribution in [0.3, 0.4) is 0 Å². The Morgan fingerprint density at radius 2 is 1.89 bits per heavy atom. The zero-order chi connectivity index (χ0) is 27.4. The second-order valence-corrected chi connectivity index (χ2v) is 8.88. The van der Waals surface area contributed by atoms with Crippen LogP contribution in [0.15, 0.2) is 71.3 Å². The zero-order valence-corrected chi connectivity index (χ0v) is 20.2. The van der Waals surface area contributed by atoms with Crippen LogP contribution >= 0.6 is 0 Å². The van der Waals surface area contributed by atoms with Crippen LogP contribution in [0.1, 0.15) is 38.9 Å². The van der Waals surface area contributed by atoms with Crippen LogP contribution in [-0.4, -0.2) is 58.4 Å². The van der Waals surface area contributed by atoms with Gasteiger partial charge in [-0.2, -0.15) is 0 Å². The highest BCUT2D eigenvalue weighted by Gasteiger charge is 2.31. The number of hydrogen-bond donors (Lipinski definition) is 1. The van der Waals surface area contributed by atoms with Crippen molar-refractivity contribution in [2.45, 2.75) is 32.8 Å². The Bertz CT molecular complexity index is 1290. The summed E-state index contributed by atoms with van der Waals surface area (Å²) in [5.41, 5.74) is 1.21. The second kappa shape index (κ2) is 11.1. The molecule has 1 aromatic heterocycles. The van der Waals surface area contributed by atoms with E-state index in [1.165, 1.54) is 11.0 Å². The van der Waals surface area contributed by atoms with Crippen LogP contribution in [0.5, 0.6) is 5.75 Å². The zero-order valence-electron chi connectivity index (χ0n) is 22.2. The fourth-order valence-electron chi connectivity index (χ4n) is 4.01. The Hall–Kier alpha value is -4.07. The van der Waals surface area contributed by atoms with Gasteiger partial charge in [0.25, 0.3) is 11.8 Å². The summed E-state index contributed by atoms with van der Waals surface area (Å²) in [5.74, 6) is -1.62. The third-order valence-electron chi connectivity index (χ3n) is 6.04. The van der Waals surface area contributed by atoms with E-state index in [4.69, 9.17) is 11.9 Å². The van der Waals surface area contributed by atoms with Crippen LogP contribution in [0.4, 0.5) is 0 Å². The molecule has 8 heteroatoms. The lowest BCUT2D eigenvalue weighted by atomic mass is 10.1. The molecule has 3 aromatic rings. The molecule has 1 atom stereocenters. The molecule has 0 saturated carbocycles. The molecule has 188 valence electrons. The van der Waals surface area contributed by atoms with Crippen molar-refractivity contribution < 1.29 is 31.4 Å². The number of nitrogens with zero attached hydrogens (tertiary/aromatic N) is 2. The van der Waals surface area contributed by atoms with E-state index in [2.05, 4.69) is 0 Å². The quantitative estimate of drug-likeness (QED) is 0.478. The Kier molecular flexibility index (Phi) is 6.91. The number of benzene rings is 2. The van der Waals surface area contributed by atoms with Crippen molar-refractivity contribution in [3.05, 3.63) is 78.1 Å². The highest BCUT2D eigenvalue weighted by molar-refractivity contribution is 5.94. The maximum Gasteiger partial charge on any atom is 0.308 e. The smallest absolute Gasteiger partial charge is 0.308 e. The van der Waals surface area contributed by atoms with Crippen molar-refractivity contribution in [3.63, 3.8) is 0 Å². The first-order valence-corrected chi connectivity index (χ1v) is 11.8. The van der Waals surface area contributed by atoms with Crippen molar-refractivity contribution in [1.82, 2.24) is 9.80 Å². The van der Waals surface area contributed by atoms with Crippen molar-refractivity contribution in [1.29, 1.82) is 0 Å². The Balaban J connectivity index is 1.53. The number of likely N-dealkylation sites (tertiary alicyclic amines) is 1. The summed E-state index contributed by atoms with van der Waals surface area (Å²) in [6, 6.07) is 16.2. The lowest BCUT2D eigenvalue weighted by molar-refractivity contribution is -0.141. The maximum atomic E-state index is 13.6. The monoisotopic (exact) mass is 492 g/mol. The van der Waals surface area contributed by atoms with Gasteiger partial charge >= 0.3 is 5.97 Å². The predicted octanol–water partition coefficient (Wildman–Crippen LogP) is 4.31. The van der Waals surface area contributed by atoms with E-state index < -0.39 is 30.3 Å². The molecule has 2 amide bonds. The molecule has 0 aliphatic carbocycles. The summed E-state index contributed by atoms with van der Waals surface area (Å²) in [7, 11) is 0. The first kappa shape index (κ1) is 22.4. The molecule has 2 aromatic carbocycles. The third-order valence-corrected chi connectivity index (χ3v) is 6.04. The molecule has 1 aliphatic rings. The van der Waals surface area contributed by atoms with Crippen LogP contribution < -0.4 is 4.74 Å². The lowest BCUT2D eigenvalue weighted by Crippen LogP contribution is -2.36. The Morgan fingerprint density at radius 3 is 2.53 bits per heavy atom. The molecule has 1 saturated heterocycles. The van der Waals surface area contributed by atoms with Gasteiger partial charge in [-0.15, -0.1) is 0 Å². The number of aliphatic carboxylic acids is 1. The Labute approximate surface area is 212 Å². The molecular weight excluding hydrogens is 460 g/mol. The Morgan fingerprint density at radius 1 is 1.14 bits per heavy atom. The second-order valence-electron chi connectivity index (χ2n) is 8.88. The summed E-state index contributed by atoms with van der Waals surface area (Å²) >= 11 is 0. The van der Waals surface area contributed by atoms with E-state index in [1.807, 2.05) is 6.07 Å². The summed E-state index contributed by atoms with van der Waals surface area (Å²) in [6.45, 7) is 1.26. The average molecular weight is 493 g/mol. The minimum absolute atomic E-state index is 0.104. The number of hydrogen-bond acceptors (Lipinski definition) is 5. The molecule has 0 spiro atoms. The summed E-state index contributed by atoms with van der Waals surface area (Å²) in [6.07, 6.45) is 1.95. The number of para-hydroxylation sites is 1. The number of rotatable bonds is 9. The maximum absolute atomic E-state index is 13.6. The molecule has 8 nitrogen and oxygen atoms in total. The molecule has 36 heavy (non-hydrogen) atoms. The van der Waals surface area contributed by atoms with Crippen molar-refractivity contribution in [3.8, 4) is 17.1 Å². The van der Waals surface area contributed by atoms with Gasteiger partial charge in [0.2, 0.25) is 0 Å². The molecule has 2 heterocycles. The third kappa shape index (κ3) is 5.76. The fraction of sp³-hybridized carbons (Fsp3) is 0.321. The standard InChI is InChI=1S/C28H30N2O6/c1-19(2)30(27(32)21-11-9-20(10-12-21)24-8-5-15-35-24)17-22-6-3-4-7-25(22)36-18-26(31)29-14-13-23(16-29)28(33)34/h3-12,15,19,23H,13-14,16-18H2,1-2H3,(H,33,34)/i17D2. The van der Waals surface area contributed by atoms with E-state index in [-0.39, 0.29) is 30.4 Å². The number of carboxylic acid groups (broad SMARTS) is 1. The predicted molar refractivity (Wildman–Crippen MR) is 133 cm³/mol. The number of ether oxygens (including phenoxy) is 1. The highest BCUT2D eigenvalue weighted by atomic mass is 16.5. The van der Waals surface area contributed by atoms with E-state index in [9.17, 15) is 19.5 Å². The van der Waals surface area contributed by atoms with Gasteiger partial charge in [0, 0.05) is 42.3 Å². The normalized spacial score (nSPS) is 16.4. The van der Waals surface area contributed by atoms with E-state index >= 15 is 0 Å². The van der Waals surface area contributed by atoms with Crippen molar-refractivity contribution in [2.24, 2.45) is 5.92 Å². The van der Waals surface area contributed by atoms with Crippen LogP contribution in [0, 0.1) is 5.92 Å². The molecule has 0 radical (unpaired) electrons. The minimum Gasteiger partial charge on any atom is -0.483 e. The van der Waals surface area contributed by atoms with Gasteiger partial charge in [0.15, 0.2) is 6.61 Å². The van der Waals surface area contributed by atoms with Gasteiger partial charge < -0.3 is 24.1 Å². The van der Waals surface area contributed by atoms with Crippen LogP contribution in [-0.2, 0) is 16.1 Å². The largest absolute Gasteiger partial charge is 0.483 e. The van der Waals surface area contributed by atoms with Gasteiger partial charge in [0.05, 0.1) is 14.9 Å². The molecule has 0 bridgehead atoms. The van der Waals surface area contributed by atoms with Gasteiger partial charge in [-0.1, -0.05) is 30.3 Å². The SMILES string of the molecule is [2H]C([2H])(c1ccccc1OCC(=O)N1CCC(C(=O)O)C1)N(C(=O)c1ccc(-c2ccco2)cc1)C(C)C. The molecule has 1 unspecified atom stereocenters. The molecule has 1 fully saturated rings. The number of carbonyl (C=O) groups excluding carboxylic acids is 2. The van der Waals surface area contributed by atoms with E-state index in [1.54, 1.807) is 68.6 Å². The van der Waals surface area contributed by atoms with Crippen LogP contribution in [0.25, 0.3) is 11.3 Å². The first-order chi connectivity index (χ1) is 18.1. The number of furan rings is 1. The number of carboxylic acids is 1. The number of carbonyl (C=O) groups is 3.